The van der Waals surface area contributed by atoms with Gasteiger partial charge in [-0.05, 0) is 61.6 Å². The number of aromatic nitrogens is 3. The summed E-state index contributed by atoms with van der Waals surface area (Å²) in [6.07, 6.45) is 9.59. The third-order valence-electron chi connectivity index (χ3n) is 6.37. The Bertz CT molecular complexity index is 1050. The van der Waals surface area contributed by atoms with Crippen LogP contribution in [0.5, 0.6) is 6.01 Å². The number of benzene rings is 1. The molecule has 1 fully saturated rings. The van der Waals surface area contributed by atoms with Crippen molar-refractivity contribution in [3.05, 3.63) is 59.8 Å². The lowest BCUT2D eigenvalue weighted by Crippen LogP contribution is -2.41. The van der Waals surface area contributed by atoms with Crippen molar-refractivity contribution in [3.63, 3.8) is 0 Å². The molecule has 1 N–H and O–H groups in total. The predicted octanol–water partition coefficient (Wildman–Crippen LogP) is 4.65. The molecule has 0 spiro atoms. The second-order valence-electron chi connectivity index (χ2n) is 8.09. The summed E-state index contributed by atoms with van der Waals surface area (Å²) in [6.45, 7) is 2.10. The fourth-order valence-corrected chi connectivity index (χ4v) is 4.69. The maximum absolute atomic E-state index is 14.1. The quantitative estimate of drug-likeness (QED) is 0.625. The summed E-state index contributed by atoms with van der Waals surface area (Å²) in [5, 5.41) is 4.07. The van der Waals surface area contributed by atoms with Gasteiger partial charge in [0, 0.05) is 30.0 Å². The van der Waals surface area contributed by atoms with Gasteiger partial charge in [-0.1, -0.05) is 19.1 Å². The Kier molecular flexibility index (Phi) is 6.39. The van der Waals surface area contributed by atoms with E-state index in [-0.39, 0.29) is 23.8 Å². The van der Waals surface area contributed by atoms with Crippen LogP contribution in [0.3, 0.4) is 0 Å². The standard InChI is InChI=1S/C24H27FN4O2/c1-3-21(29-23(30)17-13-27-24(31-2)28-14-17)16-9-7-15(8-10-16)18-11-12-26-22-19(18)5-4-6-20(22)25/h4-6,11-16,21H,3,7-10H2,1-2H3,(H,29,30)/t15?,16?,21-/m0/s1. The van der Waals surface area contributed by atoms with Gasteiger partial charge in [0.2, 0.25) is 0 Å². The zero-order chi connectivity index (χ0) is 21.8. The third kappa shape index (κ3) is 4.50. The first kappa shape index (κ1) is 21.2. The smallest absolute Gasteiger partial charge is 0.316 e. The van der Waals surface area contributed by atoms with Crippen molar-refractivity contribution in [3.8, 4) is 6.01 Å². The van der Waals surface area contributed by atoms with Gasteiger partial charge in [0.1, 0.15) is 11.3 Å². The second-order valence-corrected chi connectivity index (χ2v) is 8.09. The molecule has 7 heteroatoms. The number of halogens is 1. The molecule has 1 aromatic carbocycles. The van der Waals surface area contributed by atoms with Crippen LogP contribution >= 0.6 is 0 Å². The van der Waals surface area contributed by atoms with E-state index < -0.39 is 0 Å². The van der Waals surface area contributed by atoms with E-state index in [1.165, 1.54) is 31.1 Å². The van der Waals surface area contributed by atoms with Crippen LogP contribution < -0.4 is 10.1 Å². The third-order valence-corrected chi connectivity index (χ3v) is 6.37. The number of ether oxygens (including phenoxy) is 1. The van der Waals surface area contributed by atoms with Crippen molar-refractivity contribution in [2.24, 2.45) is 5.92 Å². The average Bonchev–Trinajstić information content (AvgIpc) is 2.82. The Morgan fingerprint density at radius 2 is 1.90 bits per heavy atom. The number of pyridine rings is 1. The number of nitrogens with zero attached hydrogens (tertiary/aromatic N) is 3. The van der Waals surface area contributed by atoms with Crippen LogP contribution in [0.1, 0.15) is 60.9 Å². The van der Waals surface area contributed by atoms with Gasteiger partial charge in [0.05, 0.1) is 12.7 Å². The molecule has 1 atom stereocenters. The number of para-hydroxylation sites is 1. The van der Waals surface area contributed by atoms with E-state index in [4.69, 9.17) is 4.74 Å². The minimum atomic E-state index is -0.274. The first-order valence-corrected chi connectivity index (χ1v) is 10.8. The summed E-state index contributed by atoms with van der Waals surface area (Å²) in [5.41, 5.74) is 2.05. The van der Waals surface area contributed by atoms with Gasteiger partial charge in [-0.25, -0.2) is 14.4 Å². The lowest BCUT2D eigenvalue weighted by Gasteiger charge is -2.34. The number of carbonyl (C=O) groups excluding carboxylic acids is 1. The highest BCUT2D eigenvalue weighted by molar-refractivity contribution is 5.93. The zero-order valence-electron chi connectivity index (χ0n) is 17.8. The molecule has 6 nitrogen and oxygen atoms in total. The number of carbonyl (C=O) groups is 1. The van der Waals surface area contributed by atoms with Crippen molar-refractivity contribution in [1.29, 1.82) is 0 Å². The Labute approximate surface area is 181 Å². The normalized spacial score (nSPS) is 19.7. The molecule has 4 rings (SSSR count). The van der Waals surface area contributed by atoms with E-state index in [2.05, 4.69) is 27.2 Å². The van der Waals surface area contributed by atoms with Crippen LogP contribution in [0.25, 0.3) is 10.9 Å². The average molecular weight is 423 g/mol. The molecule has 31 heavy (non-hydrogen) atoms. The van der Waals surface area contributed by atoms with Gasteiger partial charge >= 0.3 is 6.01 Å². The number of hydrogen-bond donors (Lipinski definition) is 1. The number of methoxy groups -OCH3 is 1. The topological polar surface area (TPSA) is 77.0 Å². The molecule has 0 unspecified atom stereocenters. The van der Waals surface area contributed by atoms with Crippen molar-refractivity contribution < 1.29 is 13.9 Å². The zero-order valence-corrected chi connectivity index (χ0v) is 17.8. The molecule has 1 aliphatic carbocycles. The molecular formula is C24H27FN4O2. The maximum Gasteiger partial charge on any atom is 0.316 e. The molecule has 0 aliphatic heterocycles. The first-order valence-electron chi connectivity index (χ1n) is 10.8. The molecule has 1 saturated carbocycles. The van der Waals surface area contributed by atoms with Crippen molar-refractivity contribution in [2.75, 3.05) is 7.11 Å². The highest BCUT2D eigenvalue weighted by Crippen LogP contribution is 2.40. The molecule has 1 amide bonds. The number of hydrogen-bond acceptors (Lipinski definition) is 5. The minimum Gasteiger partial charge on any atom is -0.467 e. The largest absolute Gasteiger partial charge is 0.467 e. The lowest BCUT2D eigenvalue weighted by atomic mass is 9.75. The van der Waals surface area contributed by atoms with E-state index in [9.17, 15) is 9.18 Å². The molecule has 3 aromatic rings. The molecule has 2 heterocycles. The van der Waals surface area contributed by atoms with Gasteiger partial charge < -0.3 is 10.1 Å². The van der Waals surface area contributed by atoms with Crippen LogP contribution in [-0.2, 0) is 0 Å². The molecule has 162 valence electrons. The maximum atomic E-state index is 14.1. The van der Waals surface area contributed by atoms with Gasteiger partial charge in [-0.3, -0.25) is 9.78 Å². The summed E-state index contributed by atoms with van der Waals surface area (Å²) in [5.74, 6) is 0.359. The van der Waals surface area contributed by atoms with Gasteiger partial charge in [0.15, 0.2) is 0 Å². The fourth-order valence-electron chi connectivity index (χ4n) is 4.69. The van der Waals surface area contributed by atoms with Crippen molar-refractivity contribution in [1.82, 2.24) is 20.3 Å². The van der Waals surface area contributed by atoms with Crippen molar-refractivity contribution in [2.45, 2.75) is 51.0 Å². The van der Waals surface area contributed by atoms with E-state index >= 15 is 0 Å². The monoisotopic (exact) mass is 422 g/mol. The molecule has 0 radical (unpaired) electrons. The Morgan fingerprint density at radius 1 is 1.16 bits per heavy atom. The van der Waals surface area contributed by atoms with Gasteiger partial charge in [0.25, 0.3) is 5.91 Å². The Balaban J connectivity index is 1.41. The summed E-state index contributed by atoms with van der Waals surface area (Å²) >= 11 is 0. The summed E-state index contributed by atoms with van der Waals surface area (Å²) in [4.78, 5) is 24.9. The molecule has 0 bridgehead atoms. The van der Waals surface area contributed by atoms with Crippen LogP contribution in [-0.4, -0.2) is 34.0 Å². The van der Waals surface area contributed by atoms with Crippen LogP contribution in [0, 0.1) is 11.7 Å². The highest BCUT2D eigenvalue weighted by Gasteiger charge is 2.29. The van der Waals surface area contributed by atoms with Gasteiger partial charge in [-0.15, -0.1) is 0 Å². The summed E-state index contributed by atoms with van der Waals surface area (Å²) in [6, 6.07) is 7.53. The molecule has 0 saturated heterocycles. The van der Waals surface area contributed by atoms with E-state index in [0.717, 1.165) is 37.5 Å². The number of amides is 1. The molecule has 2 aromatic heterocycles. The second kappa shape index (κ2) is 9.37. The van der Waals surface area contributed by atoms with Crippen LogP contribution in [0.2, 0.25) is 0 Å². The highest BCUT2D eigenvalue weighted by atomic mass is 19.1. The van der Waals surface area contributed by atoms with Crippen molar-refractivity contribution >= 4 is 16.8 Å². The fraction of sp³-hybridized carbons (Fsp3) is 0.417. The SMILES string of the molecule is CC[C@H](NC(=O)c1cnc(OC)nc1)C1CCC(c2ccnc3c(F)cccc23)CC1. The number of nitrogens with one attached hydrogen (secondary N) is 1. The predicted molar refractivity (Wildman–Crippen MR) is 117 cm³/mol. The van der Waals surface area contributed by atoms with E-state index in [1.807, 2.05) is 12.1 Å². The Hall–Kier alpha value is -3.09. The van der Waals surface area contributed by atoms with Crippen LogP contribution in [0.15, 0.2) is 42.9 Å². The first-order chi connectivity index (χ1) is 15.1. The Morgan fingerprint density at radius 3 is 2.58 bits per heavy atom. The summed E-state index contributed by atoms with van der Waals surface area (Å²) in [7, 11) is 1.49. The number of rotatable bonds is 6. The lowest BCUT2D eigenvalue weighted by molar-refractivity contribution is 0.0908. The van der Waals surface area contributed by atoms with E-state index in [0.29, 0.717) is 22.9 Å². The molecular weight excluding hydrogens is 395 g/mol. The van der Waals surface area contributed by atoms with Gasteiger partial charge in [-0.2, -0.15) is 0 Å². The number of fused-ring (bicyclic) bond motifs is 1. The van der Waals surface area contributed by atoms with Crippen LogP contribution in [0.4, 0.5) is 4.39 Å². The minimum absolute atomic E-state index is 0.0992. The molecule has 1 aliphatic rings. The van der Waals surface area contributed by atoms with E-state index in [1.54, 1.807) is 12.3 Å². The summed E-state index contributed by atoms with van der Waals surface area (Å²) < 4.78 is 19.1.